The zero-order chi connectivity index (χ0) is 15.9. The van der Waals surface area contributed by atoms with E-state index < -0.39 is 21.2 Å². The van der Waals surface area contributed by atoms with E-state index in [1.165, 1.54) is 6.26 Å². The topological polar surface area (TPSA) is 71.4 Å². The van der Waals surface area contributed by atoms with Gasteiger partial charge in [-0.15, -0.1) is 0 Å². The average Bonchev–Trinajstić information content (AvgIpc) is 3.06. The molecule has 1 aromatic carbocycles. The zero-order valence-corrected chi connectivity index (χ0v) is 13.5. The molecular formula is C16H22O4S. The van der Waals surface area contributed by atoms with Crippen LogP contribution in [0.3, 0.4) is 0 Å². The second-order valence-corrected chi connectivity index (χ2v) is 9.02. The number of benzene rings is 1. The first kappa shape index (κ1) is 16.0. The molecule has 21 heavy (non-hydrogen) atoms. The van der Waals surface area contributed by atoms with Crippen LogP contribution in [0.2, 0.25) is 0 Å². The van der Waals surface area contributed by atoms with Crippen molar-refractivity contribution in [1.82, 2.24) is 0 Å². The first-order chi connectivity index (χ1) is 9.54. The Hall–Kier alpha value is -1.36. The van der Waals surface area contributed by atoms with E-state index in [1.807, 2.05) is 38.1 Å². The first-order valence-corrected chi connectivity index (χ1v) is 9.11. The number of rotatable bonds is 6. The lowest BCUT2D eigenvalue weighted by Gasteiger charge is -2.24. The van der Waals surface area contributed by atoms with E-state index >= 15 is 0 Å². The standard InChI is InChI=1S/C16H22O4S/c1-15(2,10-14(17)18)12-4-6-13(7-5-12)16(8-9-16)11-21(3,19)20/h4-7H,8-11H2,1-3H3,(H,17,18). The third-order valence-corrected chi connectivity index (χ3v) is 5.34. The van der Waals surface area contributed by atoms with Gasteiger partial charge in [0.05, 0.1) is 12.2 Å². The fourth-order valence-electron chi connectivity index (χ4n) is 2.92. The molecule has 5 heteroatoms. The van der Waals surface area contributed by atoms with Crippen molar-refractivity contribution in [3.8, 4) is 0 Å². The summed E-state index contributed by atoms with van der Waals surface area (Å²) >= 11 is 0. The van der Waals surface area contributed by atoms with Gasteiger partial charge in [0.1, 0.15) is 9.84 Å². The molecule has 116 valence electrons. The summed E-state index contributed by atoms with van der Waals surface area (Å²) in [4.78, 5) is 10.9. The van der Waals surface area contributed by atoms with Crippen molar-refractivity contribution < 1.29 is 18.3 Å². The summed E-state index contributed by atoms with van der Waals surface area (Å²) in [6.07, 6.45) is 3.15. The first-order valence-electron chi connectivity index (χ1n) is 7.05. The quantitative estimate of drug-likeness (QED) is 0.876. The normalized spacial score (nSPS) is 17.5. The Labute approximate surface area is 126 Å². The molecule has 0 aliphatic heterocycles. The zero-order valence-electron chi connectivity index (χ0n) is 12.7. The molecule has 0 spiro atoms. The van der Waals surface area contributed by atoms with Gasteiger partial charge in [0.2, 0.25) is 0 Å². The Morgan fingerprint density at radius 3 is 2.14 bits per heavy atom. The van der Waals surface area contributed by atoms with Crippen LogP contribution in [0.4, 0.5) is 0 Å². The predicted molar refractivity (Wildman–Crippen MR) is 82.3 cm³/mol. The van der Waals surface area contributed by atoms with Crippen LogP contribution in [0.1, 0.15) is 44.2 Å². The lowest BCUT2D eigenvalue weighted by atomic mass is 9.80. The van der Waals surface area contributed by atoms with Gasteiger partial charge in [0, 0.05) is 17.1 Å². The van der Waals surface area contributed by atoms with E-state index in [-0.39, 0.29) is 17.6 Å². The number of carboxylic acid groups (broad SMARTS) is 1. The second kappa shape index (κ2) is 5.13. The van der Waals surface area contributed by atoms with E-state index in [0.717, 1.165) is 24.0 Å². The molecule has 1 aliphatic rings. The third kappa shape index (κ3) is 3.84. The lowest BCUT2D eigenvalue weighted by Crippen LogP contribution is -2.23. The fourth-order valence-corrected chi connectivity index (χ4v) is 4.38. The summed E-state index contributed by atoms with van der Waals surface area (Å²) in [5.74, 6) is -0.627. The molecule has 0 atom stereocenters. The molecule has 0 amide bonds. The number of hydrogen-bond donors (Lipinski definition) is 1. The molecule has 0 unspecified atom stereocenters. The maximum absolute atomic E-state index is 11.5. The molecule has 2 rings (SSSR count). The highest BCUT2D eigenvalue weighted by Gasteiger charge is 2.46. The van der Waals surface area contributed by atoms with E-state index in [9.17, 15) is 13.2 Å². The maximum atomic E-state index is 11.5. The molecular weight excluding hydrogens is 288 g/mol. The number of aliphatic carboxylic acids is 1. The van der Waals surface area contributed by atoms with Crippen molar-refractivity contribution in [2.24, 2.45) is 0 Å². The summed E-state index contributed by atoms with van der Waals surface area (Å²) in [7, 11) is -3.00. The maximum Gasteiger partial charge on any atom is 0.304 e. The van der Waals surface area contributed by atoms with E-state index in [4.69, 9.17) is 5.11 Å². The monoisotopic (exact) mass is 310 g/mol. The smallest absolute Gasteiger partial charge is 0.304 e. The van der Waals surface area contributed by atoms with Gasteiger partial charge in [-0.25, -0.2) is 8.42 Å². The van der Waals surface area contributed by atoms with Crippen LogP contribution in [-0.4, -0.2) is 31.5 Å². The molecule has 1 aromatic rings. The molecule has 1 N–H and O–H groups in total. The number of hydrogen-bond acceptors (Lipinski definition) is 3. The highest BCUT2D eigenvalue weighted by molar-refractivity contribution is 7.90. The molecule has 4 nitrogen and oxygen atoms in total. The number of sulfone groups is 1. The van der Waals surface area contributed by atoms with Crippen molar-refractivity contribution in [2.75, 3.05) is 12.0 Å². The van der Waals surface area contributed by atoms with Gasteiger partial charge < -0.3 is 5.11 Å². The summed E-state index contributed by atoms with van der Waals surface area (Å²) in [5, 5.41) is 8.97. The van der Waals surface area contributed by atoms with Crippen molar-refractivity contribution in [2.45, 2.75) is 43.9 Å². The van der Waals surface area contributed by atoms with Crippen molar-refractivity contribution >= 4 is 15.8 Å². The van der Waals surface area contributed by atoms with Gasteiger partial charge >= 0.3 is 5.97 Å². The van der Waals surface area contributed by atoms with Crippen LogP contribution in [0, 0.1) is 0 Å². The van der Waals surface area contributed by atoms with Crippen LogP contribution in [0.25, 0.3) is 0 Å². The minimum absolute atomic E-state index is 0.0703. The average molecular weight is 310 g/mol. The van der Waals surface area contributed by atoms with Gasteiger partial charge in [-0.1, -0.05) is 38.1 Å². The second-order valence-electron chi connectivity index (χ2n) is 6.88. The highest BCUT2D eigenvalue weighted by Crippen LogP contribution is 2.49. The van der Waals surface area contributed by atoms with E-state index in [2.05, 4.69) is 0 Å². The van der Waals surface area contributed by atoms with Gasteiger partial charge in [-0.2, -0.15) is 0 Å². The van der Waals surface area contributed by atoms with Gasteiger partial charge in [-0.05, 0) is 24.0 Å². The van der Waals surface area contributed by atoms with Crippen molar-refractivity contribution in [3.63, 3.8) is 0 Å². The summed E-state index contributed by atoms with van der Waals surface area (Å²) in [6.45, 7) is 3.80. The summed E-state index contributed by atoms with van der Waals surface area (Å²) in [5.41, 5.74) is 1.35. The highest BCUT2D eigenvalue weighted by atomic mass is 32.2. The van der Waals surface area contributed by atoms with Crippen molar-refractivity contribution in [1.29, 1.82) is 0 Å². The Kier molecular flexibility index (Phi) is 3.91. The molecule has 1 saturated carbocycles. The molecule has 0 heterocycles. The molecule has 0 radical (unpaired) electrons. The van der Waals surface area contributed by atoms with Crippen molar-refractivity contribution in [3.05, 3.63) is 35.4 Å². The van der Waals surface area contributed by atoms with Gasteiger partial charge in [0.25, 0.3) is 0 Å². The minimum Gasteiger partial charge on any atom is -0.481 e. The van der Waals surface area contributed by atoms with Crippen LogP contribution in [0.15, 0.2) is 24.3 Å². The number of carbonyl (C=O) groups is 1. The van der Waals surface area contributed by atoms with Gasteiger partial charge in [-0.3, -0.25) is 4.79 Å². The largest absolute Gasteiger partial charge is 0.481 e. The van der Waals surface area contributed by atoms with E-state index in [1.54, 1.807) is 0 Å². The Morgan fingerprint density at radius 2 is 1.76 bits per heavy atom. The fraction of sp³-hybridized carbons (Fsp3) is 0.562. The molecule has 0 bridgehead atoms. The van der Waals surface area contributed by atoms with E-state index in [0.29, 0.717) is 0 Å². The molecule has 0 saturated heterocycles. The number of carboxylic acids is 1. The van der Waals surface area contributed by atoms with Crippen LogP contribution >= 0.6 is 0 Å². The minimum atomic E-state index is -3.00. The molecule has 1 fully saturated rings. The summed E-state index contributed by atoms with van der Waals surface area (Å²) < 4.78 is 23.1. The molecule has 0 aromatic heterocycles. The van der Waals surface area contributed by atoms with Crippen LogP contribution in [-0.2, 0) is 25.5 Å². The predicted octanol–water partition coefficient (Wildman–Crippen LogP) is 2.52. The SMILES string of the molecule is CC(C)(CC(=O)O)c1ccc(C2(CS(C)(=O)=O)CC2)cc1. The lowest BCUT2D eigenvalue weighted by molar-refractivity contribution is -0.138. The third-order valence-electron chi connectivity index (χ3n) is 4.26. The van der Waals surface area contributed by atoms with Crippen LogP contribution in [0.5, 0.6) is 0 Å². The van der Waals surface area contributed by atoms with Crippen LogP contribution < -0.4 is 0 Å². The van der Waals surface area contributed by atoms with Gasteiger partial charge in [0.15, 0.2) is 0 Å². The Morgan fingerprint density at radius 1 is 1.24 bits per heavy atom. The Bertz CT molecular complexity index is 637. The Balaban J connectivity index is 2.22. The molecule has 1 aliphatic carbocycles. The summed E-state index contributed by atoms with van der Waals surface area (Å²) in [6, 6.07) is 7.77.